The summed E-state index contributed by atoms with van der Waals surface area (Å²) in [4.78, 5) is 18.7. The highest BCUT2D eigenvalue weighted by molar-refractivity contribution is 6.13. The van der Waals surface area contributed by atoms with Crippen LogP contribution in [0.4, 0.5) is 5.69 Å². The van der Waals surface area contributed by atoms with Gasteiger partial charge in [0.25, 0.3) is 0 Å². The van der Waals surface area contributed by atoms with Gasteiger partial charge >= 0.3 is 0 Å². The largest absolute Gasteiger partial charge is 0.506 e. The van der Waals surface area contributed by atoms with Crippen molar-refractivity contribution in [2.75, 3.05) is 13.1 Å². The Bertz CT molecular complexity index is 675. The third-order valence-corrected chi connectivity index (χ3v) is 3.65. The first-order valence-corrected chi connectivity index (χ1v) is 7.79. The Morgan fingerprint density at radius 2 is 2.17 bits per heavy atom. The summed E-state index contributed by atoms with van der Waals surface area (Å²) in [6, 6.07) is 2.79. The van der Waals surface area contributed by atoms with Crippen molar-refractivity contribution in [2.24, 2.45) is 4.99 Å². The molecule has 23 heavy (non-hydrogen) atoms. The number of aromatic hydroxyl groups is 2. The maximum atomic E-state index is 12.7. The van der Waals surface area contributed by atoms with Crippen molar-refractivity contribution in [3.05, 3.63) is 41.6 Å². The molecule has 0 unspecified atom stereocenters. The number of hydrogen-bond acceptors (Lipinski definition) is 5. The van der Waals surface area contributed by atoms with Crippen LogP contribution in [0.5, 0.6) is 11.5 Å². The van der Waals surface area contributed by atoms with Gasteiger partial charge in [-0.3, -0.25) is 9.79 Å². The van der Waals surface area contributed by atoms with E-state index >= 15 is 0 Å². The molecule has 5 heteroatoms. The zero-order valence-electron chi connectivity index (χ0n) is 13.5. The van der Waals surface area contributed by atoms with Gasteiger partial charge in [0.2, 0.25) is 0 Å². The lowest BCUT2D eigenvalue weighted by molar-refractivity contribution is 0.103. The Hall–Kier alpha value is -2.56. The topological polar surface area (TPSA) is 73.1 Å². The number of rotatable bonds is 6. The summed E-state index contributed by atoms with van der Waals surface area (Å²) in [5, 5.41) is 20.0. The van der Waals surface area contributed by atoms with Gasteiger partial charge < -0.3 is 15.1 Å². The summed E-state index contributed by atoms with van der Waals surface area (Å²) in [5.74, 6) is -0.740. The Kier molecular flexibility index (Phi) is 5.57. The van der Waals surface area contributed by atoms with Crippen LogP contribution in [-0.2, 0) is 0 Å². The summed E-state index contributed by atoms with van der Waals surface area (Å²) >= 11 is 0. The van der Waals surface area contributed by atoms with Crippen LogP contribution in [-0.4, -0.2) is 40.2 Å². The summed E-state index contributed by atoms with van der Waals surface area (Å²) in [7, 11) is 0. The van der Waals surface area contributed by atoms with Gasteiger partial charge in [-0.1, -0.05) is 25.5 Å². The second-order valence-corrected chi connectivity index (χ2v) is 5.38. The predicted molar refractivity (Wildman–Crippen MR) is 91.6 cm³/mol. The molecule has 2 N–H and O–H groups in total. The number of benzene rings is 1. The highest BCUT2D eigenvalue weighted by atomic mass is 16.3. The third kappa shape index (κ3) is 3.80. The first kappa shape index (κ1) is 16.8. The average Bonchev–Trinajstić information content (AvgIpc) is 2.56. The molecule has 0 fully saturated rings. The maximum absolute atomic E-state index is 12.7. The number of carbonyl (C=O) groups excluding carboxylic acids is 1. The molecule has 1 heterocycles. The van der Waals surface area contributed by atoms with Crippen molar-refractivity contribution in [1.82, 2.24) is 4.90 Å². The molecule has 1 aromatic rings. The second kappa shape index (κ2) is 7.63. The second-order valence-electron chi connectivity index (χ2n) is 5.38. The summed E-state index contributed by atoms with van der Waals surface area (Å²) in [6.45, 7) is 5.47. The zero-order chi connectivity index (χ0) is 16.8. The Labute approximate surface area is 136 Å². The molecule has 2 rings (SSSR count). The van der Waals surface area contributed by atoms with Crippen LogP contribution in [0.15, 0.2) is 41.1 Å². The Balaban J connectivity index is 2.32. The highest BCUT2D eigenvalue weighted by Crippen LogP contribution is 2.39. The van der Waals surface area contributed by atoms with Gasteiger partial charge in [-0.25, -0.2) is 0 Å². The van der Waals surface area contributed by atoms with E-state index < -0.39 is 0 Å². The van der Waals surface area contributed by atoms with Gasteiger partial charge in [-0.15, -0.1) is 0 Å². The fourth-order valence-corrected chi connectivity index (χ4v) is 2.42. The minimum atomic E-state index is -0.298. The molecule has 0 aromatic heterocycles. The molecule has 0 spiro atoms. The van der Waals surface area contributed by atoms with Crippen molar-refractivity contribution in [3.8, 4) is 11.5 Å². The highest BCUT2D eigenvalue weighted by Gasteiger charge is 2.20. The van der Waals surface area contributed by atoms with Crippen LogP contribution in [0.2, 0.25) is 0 Å². The van der Waals surface area contributed by atoms with Crippen LogP contribution < -0.4 is 0 Å². The van der Waals surface area contributed by atoms with Gasteiger partial charge in [0.05, 0.1) is 5.56 Å². The van der Waals surface area contributed by atoms with E-state index in [1.807, 2.05) is 12.3 Å². The molecule has 0 aliphatic carbocycles. The maximum Gasteiger partial charge on any atom is 0.198 e. The number of carbonyl (C=O) groups is 1. The monoisotopic (exact) mass is 314 g/mol. The first-order valence-electron chi connectivity index (χ1n) is 7.79. The molecule has 0 bridgehead atoms. The van der Waals surface area contributed by atoms with Gasteiger partial charge in [0.1, 0.15) is 11.4 Å². The van der Waals surface area contributed by atoms with Crippen molar-refractivity contribution >= 4 is 17.7 Å². The standard InChI is InChI=1S/C18H22N2O3/c1-3-5-10-20-11-6-7-13(12-20)17(22)14-8-9-15(21)16(18(14)23)19-4-2/h4,6-9,12,21,23H,3,5,10-11H2,1-2H3. The number of allylic oxidation sites excluding steroid dienone is 2. The van der Waals surface area contributed by atoms with Crippen molar-refractivity contribution in [3.63, 3.8) is 0 Å². The zero-order valence-corrected chi connectivity index (χ0v) is 13.5. The van der Waals surface area contributed by atoms with Gasteiger partial charge in [0, 0.05) is 31.1 Å². The lowest BCUT2D eigenvalue weighted by Gasteiger charge is -2.22. The molecule has 0 radical (unpaired) electrons. The lowest BCUT2D eigenvalue weighted by atomic mass is 10.00. The SMILES string of the molecule is CC=Nc1c(O)ccc(C(=O)C2=CN(CCCC)CC=C2)c1O. The molecule has 1 aliphatic heterocycles. The number of unbranched alkanes of at least 4 members (excludes halogenated alkanes) is 1. The molecular weight excluding hydrogens is 292 g/mol. The first-order chi connectivity index (χ1) is 11.1. The van der Waals surface area contributed by atoms with Crippen molar-refractivity contribution in [2.45, 2.75) is 26.7 Å². The Morgan fingerprint density at radius 1 is 1.39 bits per heavy atom. The lowest BCUT2D eigenvalue weighted by Crippen LogP contribution is -2.23. The van der Waals surface area contributed by atoms with E-state index in [-0.39, 0.29) is 28.5 Å². The van der Waals surface area contributed by atoms with Crippen LogP contribution in [0, 0.1) is 0 Å². The molecule has 0 amide bonds. The molecule has 1 aliphatic rings. The molecular formula is C18H22N2O3. The van der Waals surface area contributed by atoms with Crippen molar-refractivity contribution < 1.29 is 15.0 Å². The van der Waals surface area contributed by atoms with Crippen LogP contribution in [0.25, 0.3) is 0 Å². The normalized spacial score (nSPS) is 14.3. The van der Waals surface area contributed by atoms with Crippen LogP contribution in [0.3, 0.4) is 0 Å². The van der Waals surface area contributed by atoms with E-state index in [1.54, 1.807) is 13.0 Å². The van der Waals surface area contributed by atoms with E-state index in [4.69, 9.17) is 0 Å². The fourth-order valence-electron chi connectivity index (χ4n) is 2.42. The summed E-state index contributed by atoms with van der Waals surface area (Å²) in [6.07, 6.45) is 9.13. The molecule has 5 nitrogen and oxygen atoms in total. The summed E-state index contributed by atoms with van der Waals surface area (Å²) in [5.41, 5.74) is 0.665. The number of aliphatic imine (C=N–C) groups is 1. The summed E-state index contributed by atoms with van der Waals surface area (Å²) < 4.78 is 0. The molecule has 0 saturated carbocycles. The molecule has 122 valence electrons. The predicted octanol–water partition coefficient (Wildman–Crippen LogP) is 3.56. The number of phenolic OH excluding ortho intramolecular Hbond substituents is 2. The average molecular weight is 314 g/mol. The molecule has 1 aromatic carbocycles. The number of nitrogens with zero attached hydrogens (tertiary/aromatic N) is 2. The molecule has 0 saturated heterocycles. The van der Waals surface area contributed by atoms with Gasteiger partial charge in [-0.2, -0.15) is 0 Å². The third-order valence-electron chi connectivity index (χ3n) is 3.65. The van der Waals surface area contributed by atoms with E-state index in [2.05, 4.69) is 16.8 Å². The smallest absolute Gasteiger partial charge is 0.198 e. The Morgan fingerprint density at radius 3 is 2.87 bits per heavy atom. The number of hydrogen-bond donors (Lipinski definition) is 2. The number of Topliss-reactive ketones (excluding diaryl/α,β-unsaturated/α-hetero) is 1. The van der Waals surface area contributed by atoms with Crippen LogP contribution in [0.1, 0.15) is 37.0 Å². The fraction of sp³-hybridized carbons (Fsp3) is 0.333. The minimum Gasteiger partial charge on any atom is -0.506 e. The number of phenols is 2. The van der Waals surface area contributed by atoms with E-state index in [9.17, 15) is 15.0 Å². The quantitative estimate of drug-likeness (QED) is 0.622. The number of ketones is 1. The van der Waals surface area contributed by atoms with Gasteiger partial charge in [-0.05, 0) is 25.5 Å². The van der Waals surface area contributed by atoms with E-state index in [1.165, 1.54) is 18.3 Å². The molecule has 0 atom stereocenters. The minimum absolute atomic E-state index is 0.0154. The van der Waals surface area contributed by atoms with Crippen LogP contribution >= 0.6 is 0 Å². The van der Waals surface area contributed by atoms with Crippen molar-refractivity contribution in [1.29, 1.82) is 0 Å². The van der Waals surface area contributed by atoms with E-state index in [0.717, 1.165) is 25.9 Å². The van der Waals surface area contributed by atoms with E-state index in [0.29, 0.717) is 5.57 Å². The van der Waals surface area contributed by atoms with Gasteiger partial charge in [0.15, 0.2) is 11.5 Å².